The third-order valence-corrected chi connectivity index (χ3v) is 12.4. The van der Waals surface area contributed by atoms with Crippen LogP contribution in [0.3, 0.4) is 0 Å². The van der Waals surface area contributed by atoms with E-state index in [0.717, 1.165) is 56.2 Å². The van der Waals surface area contributed by atoms with Crippen LogP contribution in [0, 0.1) is 12.7 Å². The van der Waals surface area contributed by atoms with Crippen molar-refractivity contribution in [2.24, 2.45) is 0 Å². The van der Waals surface area contributed by atoms with E-state index in [4.69, 9.17) is 0 Å². The molecule has 2 aliphatic rings. The maximum Gasteiger partial charge on any atom is 0.221 e. The molecule has 6 aromatic rings. The van der Waals surface area contributed by atoms with Gasteiger partial charge in [0, 0.05) is 28.7 Å². The molecule has 2 aromatic heterocycles. The van der Waals surface area contributed by atoms with Crippen LogP contribution in [0.15, 0.2) is 97.3 Å². The van der Waals surface area contributed by atoms with Gasteiger partial charge in [-0.15, -0.1) is 0 Å². The minimum Gasteiger partial charge on any atom is -0.207 e. The Morgan fingerprint density at radius 3 is 2.31 bits per heavy atom. The van der Waals surface area contributed by atoms with Crippen molar-refractivity contribution in [3.63, 3.8) is 0 Å². The number of hydrogen-bond donors (Lipinski definition) is 0. The fraction of sp³-hybridized carbons (Fsp3) is 0.348. The highest BCUT2D eigenvalue weighted by molar-refractivity contribution is 6.01. The van der Waals surface area contributed by atoms with Crippen molar-refractivity contribution >= 4 is 21.5 Å². The van der Waals surface area contributed by atoms with Crippen molar-refractivity contribution in [3.05, 3.63) is 131 Å². The summed E-state index contributed by atoms with van der Waals surface area (Å²) in [5.74, 6) is -0.0777. The van der Waals surface area contributed by atoms with Crippen LogP contribution >= 0.6 is 0 Å². The van der Waals surface area contributed by atoms with Crippen molar-refractivity contribution in [3.8, 4) is 22.5 Å². The normalized spacial score (nSPS) is 16.8. The predicted octanol–water partition coefficient (Wildman–Crippen LogP) is 11.0. The van der Waals surface area contributed by atoms with Crippen LogP contribution in [-0.4, -0.2) is 0 Å². The first-order chi connectivity index (χ1) is 23.7. The Balaban J connectivity index is 1.35. The highest BCUT2D eigenvalue weighted by Crippen LogP contribution is 2.57. The van der Waals surface area contributed by atoms with Crippen LogP contribution < -0.4 is 9.13 Å². The van der Waals surface area contributed by atoms with Gasteiger partial charge in [-0.2, -0.15) is 9.13 Å². The van der Waals surface area contributed by atoms with E-state index in [2.05, 4.69) is 142 Å². The number of rotatable bonds is 9. The van der Waals surface area contributed by atoms with Gasteiger partial charge in [-0.1, -0.05) is 95.6 Å². The molecule has 0 bridgehead atoms. The number of hydrogen-bond acceptors (Lipinski definition) is 0. The van der Waals surface area contributed by atoms with Gasteiger partial charge in [0.05, 0.1) is 28.2 Å². The second-order valence-corrected chi connectivity index (χ2v) is 15.2. The van der Waals surface area contributed by atoms with Gasteiger partial charge in [-0.05, 0) is 83.8 Å². The van der Waals surface area contributed by atoms with Gasteiger partial charge in [0.15, 0.2) is 25.0 Å². The largest absolute Gasteiger partial charge is 0.221 e. The molecule has 4 aromatic carbocycles. The standard InChI is InChI=1S/C46H49FN2/c1-7-10-16-31-28-33-23-27-49-39(24-26-48-25-22-32-17-12-14-19-35(32)43(48)34-18-13-11-15-30(34)4)46(8-2,9-3)36-20-21-38(47)42-41(36)44(49)40(33)37(29-31)45(42,5)6/h11-15,17-23,25,27-29,39H,7-10,16,24,26H2,1-6H3/q+2. The van der Waals surface area contributed by atoms with Crippen molar-refractivity contribution < 1.29 is 13.5 Å². The van der Waals surface area contributed by atoms with Gasteiger partial charge in [0.2, 0.25) is 11.4 Å². The molecule has 3 heterocycles. The third-order valence-electron chi connectivity index (χ3n) is 12.4. The number of fused-ring (bicyclic) bond motifs is 1. The van der Waals surface area contributed by atoms with Crippen LogP contribution in [0.2, 0.25) is 0 Å². The lowest BCUT2D eigenvalue weighted by Crippen LogP contribution is -2.58. The number of aryl methyl sites for hydroxylation is 3. The molecule has 0 radical (unpaired) electrons. The van der Waals surface area contributed by atoms with E-state index in [0.29, 0.717) is 0 Å². The van der Waals surface area contributed by atoms with E-state index in [-0.39, 0.29) is 17.3 Å². The first kappa shape index (κ1) is 31.9. The lowest BCUT2D eigenvalue weighted by atomic mass is 9.59. The fourth-order valence-electron chi connectivity index (χ4n) is 9.81. The zero-order valence-electron chi connectivity index (χ0n) is 30.0. The number of aromatic nitrogens is 2. The summed E-state index contributed by atoms with van der Waals surface area (Å²) in [6.45, 7) is 14.5. The Bertz CT molecular complexity index is 2260. The van der Waals surface area contributed by atoms with Gasteiger partial charge in [-0.25, -0.2) is 4.39 Å². The summed E-state index contributed by atoms with van der Waals surface area (Å²) in [4.78, 5) is 0. The summed E-state index contributed by atoms with van der Waals surface area (Å²) < 4.78 is 21.4. The smallest absolute Gasteiger partial charge is 0.207 e. The second-order valence-electron chi connectivity index (χ2n) is 15.2. The molecule has 0 saturated heterocycles. The first-order valence-corrected chi connectivity index (χ1v) is 18.6. The molecule has 1 atom stereocenters. The third kappa shape index (κ3) is 4.64. The molecule has 2 nitrogen and oxygen atoms in total. The second kappa shape index (κ2) is 11.9. The van der Waals surface area contributed by atoms with Crippen molar-refractivity contribution in [1.29, 1.82) is 0 Å². The topological polar surface area (TPSA) is 7.76 Å². The molecule has 8 rings (SSSR count). The molecule has 1 unspecified atom stereocenters. The molecule has 248 valence electrons. The van der Waals surface area contributed by atoms with Crippen molar-refractivity contribution in [2.45, 2.75) is 103 Å². The van der Waals surface area contributed by atoms with Gasteiger partial charge in [0.25, 0.3) is 0 Å². The minimum absolute atomic E-state index is 0.0777. The predicted molar refractivity (Wildman–Crippen MR) is 201 cm³/mol. The summed E-state index contributed by atoms with van der Waals surface area (Å²) >= 11 is 0. The molecule has 49 heavy (non-hydrogen) atoms. The van der Waals surface area contributed by atoms with Crippen LogP contribution in [-0.2, 0) is 23.8 Å². The number of nitrogens with zero attached hydrogens (tertiary/aromatic N) is 2. The summed E-state index contributed by atoms with van der Waals surface area (Å²) in [7, 11) is 0. The van der Waals surface area contributed by atoms with Crippen LogP contribution in [0.1, 0.15) is 101 Å². The van der Waals surface area contributed by atoms with E-state index in [1.807, 2.05) is 0 Å². The van der Waals surface area contributed by atoms with E-state index < -0.39 is 5.41 Å². The van der Waals surface area contributed by atoms with Crippen LogP contribution in [0.4, 0.5) is 4.39 Å². The molecule has 0 fully saturated rings. The summed E-state index contributed by atoms with van der Waals surface area (Å²) in [5, 5.41) is 5.15. The number of pyridine rings is 2. The zero-order valence-corrected chi connectivity index (χ0v) is 30.0. The van der Waals surface area contributed by atoms with Crippen molar-refractivity contribution in [1.82, 2.24) is 0 Å². The molecule has 0 saturated carbocycles. The van der Waals surface area contributed by atoms with Gasteiger partial charge >= 0.3 is 0 Å². The van der Waals surface area contributed by atoms with E-state index >= 15 is 4.39 Å². The highest BCUT2D eigenvalue weighted by atomic mass is 19.1. The Labute approximate surface area is 291 Å². The molecular weight excluding hydrogens is 600 g/mol. The highest BCUT2D eigenvalue weighted by Gasteiger charge is 2.55. The molecule has 0 amide bonds. The van der Waals surface area contributed by atoms with E-state index in [1.54, 1.807) is 6.07 Å². The lowest BCUT2D eigenvalue weighted by Gasteiger charge is -2.45. The average Bonchev–Trinajstić information content (AvgIpc) is 3.11. The molecule has 1 aliphatic heterocycles. The van der Waals surface area contributed by atoms with E-state index in [9.17, 15) is 0 Å². The SMILES string of the molecule is CCCCc1cc2c3c4[n+](ccc3c1)C(CC[n+]1ccc3ccccc3c1-c1ccccc1C)C(CC)(CC)c1ccc(F)c(c1-4)C2(C)C. The summed E-state index contributed by atoms with van der Waals surface area (Å²) in [5.41, 5.74) is 10.5. The zero-order chi connectivity index (χ0) is 34.1. The average molecular weight is 649 g/mol. The Morgan fingerprint density at radius 1 is 0.776 bits per heavy atom. The summed E-state index contributed by atoms with van der Waals surface area (Å²) in [6, 6.07) is 31.1. The number of halogens is 1. The monoisotopic (exact) mass is 648 g/mol. The Hall–Kier alpha value is -4.37. The molecule has 3 heteroatoms. The Morgan fingerprint density at radius 2 is 1.53 bits per heavy atom. The van der Waals surface area contributed by atoms with Gasteiger partial charge in [-0.3, -0.25) is 0 Å². The minimum atomic E-state index is -0.439. The van der Waals surface area contributed by atoms with Crippen molar-refractivity contribution in [2.75, 3.05) is 0 Å². The number of benzene rings is 4. The maximum atomic E-state index is 16.4. The molecule has 1 aliphatic carbocycles. The van der Waals surface area contributed by atoms with Crippen LogP contribution in [0.25, 0.3) is 44.1 Å². The molecular formula is C46H49FN2+2. The van der Waals surface area contributed by atoms with Crippen LogP contribution in [0.5, 0.6) is 0 Å². The summed E-state index contributed by atoms with van der Waals surface area (Å²) in [6.07, 6.45) is 11.0. The number of unbranched alkanes of at least 4 members (excludes halogenated alkanes) is 1. The molecule has 0 spiro atoms. The van der Waals surface area contributed by atoms with Gasteiger partial charge in [0.1, 0.15) is 5.82 Å². The molecule has 0 N–H and O–H groups in total. The maximum absolute atomic E-state index is 16.4. The van der Waals surface area contributed by atoms with Gasteiger partial charge < -0.3 is 0 Å². The quantitative estimate of drug-likeness (QED) is 0.138. The Kier molecular flexibility index (Phi) is 7.74. The lowest BCUT2D eigenvalue weighted by molar-refractivity contribution is -0.742. The van der Waals surface area contributed by atoms with E-state index in [1.165, 1.54) is 60.8 Å². The fourth-order valence-corrected chi connectivity index (χ4v) is 9.81. The first-order valence-electron chi connectivity index (χ1n) is 18.6.